The second-order valence-corrected chi connectivity index (χ2v) is 5.54. The predicted molar refractivity (Wildman–Crippen MR) is 76.3 cm³/mol. The van der Waals surface area contributed by atoms with Crippen LogP contribution in [0.2, 0.25) is 0 Å². The fourth-order valence-corrected chi connectivity index (χ4v) is 1.75. The smallest absolute Gasteiger partial charge is 0.0643 e. The molecule has 2 N–H and O–H groups in total. The van der Waals surface area contributed by atoms with Crippen molar-refractivity contribution >= 4 is 0 Å². The average molecular weight is 243 g/mol. The molecule has 104 valence electrons. The van der Waals surface area contributed by atoms with Gasteiger partial charge in [-0.25, -0.2) is 0 Å². The van der Waals surface area contributed by atoms with Crippen LogP contribution in [-0.4, -0.2) is 18.8 Å². The Morgan fingerprint density at radius 1 is 0.882 bits per heavy atom. The molecular weight excluding hydrogens is 210 g/mol. The van der Waals surface area contributed by atoms with Gasteiger partial charge in [0.1, 0.15) is 0 Å². The predicted octanol–water partition coefficient (Wildman–Crippen LogP) is 4.27. The van der Waals surface area contributed by atoms with E-state index in [-0.39, 0.29) is 5.54 Å². The van der Waals surface area contributed by atoms with Crippen LogP contribution in [0, 0.1) is 0 Å². The van der Waals surface area contributed by atoms with E-state index in [1.54, 1.807) is 0 Å². The van der Waals surface area contributed by atoms with Gasteiger partial charge < -0.3 is 10.5 Å². The Bertz CT molecular complexity index is 157. The Kier molecular flexibility index (Phi) is 11.0. The van der Waals surface area contributed by atoms with Gasteiger partial charge in [0.15, 0.2) is 0 Å². The minimum Gasteiger partial charge on any atom is -0.380 e. The molecule has 0 radical (unpaired) electrons. The van der Waals surface area contributed by atoms with Gasteiger partial charge in [-0.2, -0.15) is 0 Å². The zero-order chi connectivity index (χ0) is 13.0. The van der Waals surface area contributed by atoms with E-state index in [0.29, 0.717) is 6.61 Å². The van der Waals surface area contributed by atoms with Crippen molar-refractivity contribution in [2.45, 2.75) is 84.1 Å². The normalized spacial score (nSPS) is 14.8. The molecule has 0 bridgehead atoms. The molecule has 0 aromatic heterocycles. The van der Waals surface area contributed by atoms with E-state index in [1.807, 2.05) is 0 Å². The van der Waals surface area contributed by atoms with Gasteiger partial charge in [0, 0.05) is 12.1 Å². The molecule has 1 atom stereocenters. The second-order valence-electron chi connectivity index (χ2n) is 5.54. The lowest BCUT2D eigenvalue weighted by Gasteiger charge is -2.22. The first-order valence-electron chi connectivity index (χ1n) is 7.49. The molecule has 0 saturated carbocycles. The maximum Gasteiger partial charge on any atom is 0.0643 e. The molecule has 2 nitrogen and oxygen atoms in total. The summed E-state index contributed by atoms with van der Waals surface area (Å²) in [5.41, 5.74) is 5.86. The van der Waals surface area contributed by atoms with Gasteiger partial charge >= 0.3 is 0 Å². The molecule has 0 amide bonds. The van der Waals surface area contributed by atoms with Gasteiger partial charge in [0.2, 0.25) is 0 Å². The third-order valence-corrected chi connectivity index (χ3v) is 3.38. The topological polar surface area (TPSA) is 35.2 Å². The molecule has 1 unspecified atom stereocenters. The van der Waals surface area contributed by atoms with Crippen LogP contribution in [0.3, 0.4) is 0 Å². The Hall–Kier alpha value is -0.0800. The second kappa shape index (κ2) is 11.0. The average Bonchev–Trinajstić information content (AvgIpc) is 2.31. The van der Waals surface area contributed by atoms with Crippen LogP contribution in [0.5, 0.6) is 0 Å². The number of rotatable bonds is 12. The van der Waals surface area contributed by atoms with Gasteiger partial charge in [0.25, 0.3) is 0 Å². The molecule has 0 rings (SSSR count). The van der Waals surface area contributed by atoms with Gasteiger partial charge in [-0.15, -0.1) is 0 Å². The highest BCUT2D eigenvalue weighted by Gasteiger charge is 2.14. The number of ether oxygens (including phenoxy) is 1. The third-order valence-electron chi connectivity index (χ3n) is 3.38. The fourth-order valence-electron chi connectivity index (χ4n) is 1.75. The standard InChI is InChI=1S/C15H33NO/c1-4-6-7-8-9-10-11-12-13-17-14-15(3,16)5-2/h4-14,16H2,1-3H3. The number of unbranched alkanes of at least 4 members (excludes halogenated alkanes) is 7. The summed E-state index contributed by atoms with van der Waals surface area (Å²) in [5.74, 6) is 0. The summed E-state index contributed by atoms with van der Waals surface area (Å²) in [7, 11) is 0. The molecule has 0 aromatic rings. The first-order valence-corrected chi connectivity index (χ1v) is 7.49. The quantitative estimate of drug-likeness (QED) is 0.519. The summed E-state index contributed by atoms with van der Waals surface area (Å²) < 4.78 is 5.61. The van der Waals surface area contributed by atoms with Crippen molar-refractivity contribution < 1.29 is 4.74 Å². The van der Waals surface area contributed by atoms with Crippen LogP contribution >= 0.6 is 0 Å². The van der Waals surface area contributed by atoms with E-state index < -0.39 is 0 Å². The van der Waals surface area contributed by atoms with Gasteiger partial charge in [0.05, 0.1) is 6.61 Å². The highest BCUT2D eigenvalue weighted by Crippen LogP contribution is 2.09. The van der Waals surface area contributed by atoms with Crippen LogP contribution < -0.4 is 5.73 Å². The molecule has 0 spiro atoms. The summed E-state index contributed by atoms with van der Waals surface area (Å²) in [6.07, 6.45) is 11.8. The van der Waals surface area contributed by atoms with E-state index >= 15 is 0 Å². The van der Waals surface area contributed by atoms with Crippen molar-refractivity contribution in [3.8, 4) is 0 Å². The van der Waals surface area contributed by atoms with Gasteiger partial charge in [-0.3, -0.25) is 0 Å². The summed E-state index contributed by atoms with van der Waals surface area (Å²) >= 11 is 0. The lowest BCUT2D eigenvalue weighted by molar-refractivity contribution is 0.0865. The molecule has 0 aliphatic heterocycles. The molecular formula is C15H33NO. The van der Waals surface area contributed by atoms with Crippen molar-refractivity contribution in [2.75, 3.05) is 13.2 Å². The molecule has 0 aliphatic carbocycles. The van der Waals surface area contributed by atoms with Gasteiger partial charge in [-0.05, 0) is 19.8 Å². The molecule has 0 aliphatic rings. The van der Waals surface area contributed by atoms with E-state index in [0.717, 1.165) is 13.0 Å². The molecule has 0 heterocycles. The molecule has 0 aromatic carbocycles. The monoisotopic (exact) mass is 243 g/mol. The lowest BCUT2D eigenvalue weighted by Crippen LogP contribution is -2.40. The zero-order valence-corrected chi connectivity index (χ0v) is 12.3. The summed E-state index contributed by atoms with van der Waals surface area (Å²) in [6.45, 7) is 8.00. The highest BCUT2D eigenvalue weighted by molar-refractivity contribution is 4.75. The number of hydrogen-bond acceptors (Lipinski definition) is 2. The van der Waals surface area contributed by atoms with E-state index in [1.165, 1.54) is 51.4 Å². The van der Waals surface area contributed by atoms with E-state index in [9.17, 15) is 0 Å². The molecule has 17 heavy (non-hydrogen) atoms. The summed E-state index contributed by atoms with van der Waals surface area (Å²) in [5, 5.41) is 0. The molecule has 0 saturated heterocycles. The Morgan fingerprint density at radius 3 is 1.94 bits per heavy atom. The van der Waals surface area contributed by atoms with Crippen molar-refractivity contribution in [1.29, 1.82) is 0 Å². The van der Waals surface area contributed by atoms with Gasteiger partial charge in [-0.1, -0.05) is 58.8 Å². The van der Waals surface area contributed by atoms with Crippen molar-refractivity contribution in [1.82, 2.24) is 0 Å². The Balaban J connectivity index is 3.09. The van der Waals surface area contributed by atoms with Crippen molar-refractivity contribution in [2.24, 2.45) is 5.73 Å². The van der Waals surface area contributed by atoms with Crippen molar-refractivity contribution in [3.05, 3.63) is 0 Å². The largest absolute Gasteiger partial charge is 0.380 e. The Labute approximate surface area is 108 Å². The van der Waals surface area contributed by atoms with Crippen molar-refractivity contribution in [3.63, 3.8) is 0 Å². The first-order chi connectivity index (χ1) is 8.12. The third kappa shape index (κ3) is 12.2. The maximum atomic E-state index is 6.00. The van der Waals surface area contributed by atoms with E-state index in [2.05, 4.69) is 20.8 Å². The van der Waals surface area contributed by atoms with Crippen LogP contribution in [0.25, 0.3) is 0 Å². The number of nitrogens with two attached hydrogens (primary N) is 1. The zero-order valence-electron chi connectivity index (χ0n) is 12.3. The minimum absolute atomic E-state index is 0.139. The summed E-state index contributed by atoms with van der Waals surface area (Å²) in [6, 6.07) is 0. The lowest BCUT2D eigenvalue weighted by atomic mass is 10.0. The Morgan fingerprint density at radius 2 is 1.41 bits per heavy atom. The van der Waals surface area contributed by atoms with Crippen LogP contribution in [0.4, 0.5) is 0 Å². The summed E-state index contributed by atoms with van der Waals surface area (Å²) in [4.78, 5) is 0. The maximum absolute atomic E-state index is 6.00. The first kappa shape index (κ1) is 16.9. The van der Waals surface area contributed by atoms with Crippen LogP contribution in [-0.2, 0) is 4.74 Å². The molecule has 0 fully saturated rings. The SMILES string of the molecule is CCCCCCCCCCOCC(C)(N)CC. The molecule has 2 heteroatoms. The van der Waals surface area contributed by atoms with Crippen LogP contribution in [0.15, 0.2) is 0 Å². The highest BCUT2D eigenvalue weighted by atomic mass is 16.5. The van der Waals surface area contributed by atoms with E-state index in [4.69, 9.17) is 10.5 Å². The minimum atomic E-state index is -0.139. The fraction of sp³-hybridized carbons (Fsp3) is 1.00. The number of hydrogen-bond donors (Lipinski definition) is 1. The van der Waals surface area contributed by atoms with Crippen LogP contribution in [0.1, 0.15) is 78.6 Å².